The molecule has 0 radical (unpaired) electrons. The first kappa shape index (κ1) is 14.1. The maximum Gasteiger partial charge on any atom is 0.264 e. The zero-order chi connectivity index (χ0) is 14.7. The van der Waals surface area contributed by atoms with Gasteiger partial charge in [0.1, 0.15) is 5.75 Å². The molecule has 5 heteroatoms. The van der Waals surface area contributed by atoms with Gasteiger partial charge in [0, 0.05) is 6.04 Å². The van der Waals surface area contributed by atoms with Gasteiger partial charge in [-0.05, 0) is 56.0 Å². The van der Waals surface area contributed by atoms with E-state index in [-0.39, 0.29) is 0 Å². The number of aromatic nitrogens is 2. The Labute approximate surface area is 124 Å². The van der Waals surface area contributed by atoms with Crippen molar-refractivity contribution in [1.29, 1.82) is 0 Å². The first-order valence-electron chi connectivity index (χ1n) is 7.54. The van der Waals surface area contributed by atoms with Gasteiger partial charge >= 0.3 is 0 Å². The molecule has 0 spiro atoms. The second-order valence-corrected chi connectivity index (χ2v) is 5.43. The van der Waals surface area contributed by atoms with E-state index in [1.54, 1.807) is 6.92 Å². The normalized spacial score (nSPS) is 17.0. The summed E-state index contributed by atoms with van der Waals surface area (Å²) in [4.78, 5) is 4.13. The highest BCUT2D eigenvalue weighted by Crippen LogP contribution is 2.33. The Morgan fingerprint density at radius 1 is 1.43 bits per heavy atom. The van der Waals surface area contributed by atoms with Gasteiger partial charge in [-0.2, -0.15) is 4.98 Å². The molecule has 1 atom stereocenters. The molecule has 0 saturated carbocycles. The fraction of sp³-hybridized carbons (Fsp3) is 0.500. The maximum absolute atomic E-state index is 5.73. The maximum atomic E-state index is 5.73. The van der Waals surface area contributed by atoms with Gasteiger partial charge in [-0.25, -0.2) is 0 Å². The quantitative estimate of drug-likeness (QED) is 0.885. The molecule has 1 N–H and O–H groups in total. The van der Waals surface area contributed by atoms with Gasteiger partial charge in [-0.3, -0.25) is 0 Å². The second kappa shape index (κ2) is 6.26. The summed E-state index contributed by atoms with van der Waals surface area (Å²) in [6.45, 7) is 5.38. The molecule has 0 aliphatic heterocycles. The van der Waals surface area contributed by atoms with Crippen LogP contribution in [0.2, 0.25) is 0 Å². The summed E-state index contributed by atoms with van der Waals surface area (Å²) in [5.74, 6) is 2.00. The Balaban J connectivity index is 1.64. The molecule has 1 aromatic carbocycles. The standard InChI is InChI=1S/C16H21N3O2/c1-3-8-17-15-7-4-12-9-13(5-6-14(12)15)20-10-16-18-11(2)19-21-16/h5-6,9,15,17H,3-4,7-8,10H2,1-2H3. The average molecular weight is 287 g/mol. The van der Waals surface area contributed by atoms with Crippen LogP contribution in [0.25, 0.3) is 0 Å². The molecule has 0 amide bonds. The van der Waals surface area contributed by atoms with Crippen LogP contribution in [0.3, 0.4) is 0 Å². The summed E-state index contributed by atoms with van der Waals surface area (Å²) < 4.78 is 10.8. The predicted molar refractivity (Wildman–Crippen MR) is 79.2 cm³/mol. The van der Waals surface area contributed by atoms with Gasteiger partial charge < -0.3 is 14.6 Å². The summed E-state index contributed by atoms with van der Waals surface area (Å²) in [5.41, 5.74) is 2.78. The largest absolute Gasteiger partial charge is 0.484 e. The molecule has 21 heavy (non-hydrogen) atoms. The van der Waals surface area contributed by atoms with Crippen LogP contribution in [0.5, 0.6) is 5.75 Å². The van der Waals surface area contributed by atoms with Crippen molar-refractivity contribution < 1.29 is 9.26 Å². The molecule has 1 unspecified atom stereocenters. The molecule has 5 nitrogen and oxygen atoms in total. The van der Waals surface area contributed by atoms with Gasteiger partial charge in [0.2, 0.25) is 0 Å². The molecular formula is C16H21N3O2. The van der Waals surface area contributed by atoms with E-state index in [0.29, 0.717) is 24.4 Å². The third kappa shape index (κ3) is 3.24. The van der Waals surface area contributed by atoms with Gasteiger partial charge in [0.15, 0.2) is 12.4 Å². The van der Waals surface area contributed by atoms with Crippen molar-refractivity contribution in [3.63, 3.8) is 0 Å². The average Bonchev–Trinajstić information content (AvgIpc) is 3.09. The van der Waals surface area contributed by atoms with Crippen molar-refractivity contribution in [3.8, 4) is 5.75 Å². The van der Waals surface area contributed by atoms with Gasteiger partial charge in [0.25, 0.3) is 5.89 Å². The van der Waals surface area contributed by atoms with E-state index >= 15 is 0 Å². The Hall–Kier alpha value is -1.88. The van der Waals surface area contributed by atoms with Crippen molar-refractivity contribution in [1.82, 2.24) is 15.5 Å². The van der Waals surface area contributed by atoms with E-state index in [9.17, 15) is 0 Å². The summed E-state index contributed by atoms with van der Waals surface area (Å²) in [6.07, 6.45) is 3.44. The molecule has 0 fully saturated rings. The van der Waals surface area contributed by atoms with Gasteiger partial charge in [0.05, 0.1) is 0 Å². The smallest absolute Gasteiger partial charge is 0.264 e. The molecule has 1 heterocycles. The van der Waals surface area contributed by atoms with Crippen molar-refractivity contribution in [3.05, 3.63) is 41.0 Å². The Morgan fingerprint density at radius 2 is 2.33 bits per heavy atom. The van der Waals surface area contributed by atoms with Crippen LogP contribution >= 0.6 is 0 Å². The number of fused-ring (bicyclic) bond motifs is 1. The highest BCUT2D eigenvalue weighted by Gasteiger charge is 2.22. The minimum absolute atomic E-state index is 0.317. The number of ether oxygens (including phenoxy) is 1. The lowest BCUT2D eigenvalue weighted by Crippen LogP contribution is -2.19. The van der Waals surface area contributed by atoms with Gasteiger partial charge in [-0.15, -0.1) is 0 Å². The molecule has 1 aliphatic rings. The van der Waals surface area contributed by atoms with Crippen LogP contribution in [0, 0.1) is 6.92 Å². The molecular weight excluding hydrogens is 266 g/mol. The minimum atomic E-state index is 0.317. The summed E-state index contributed by atoms with van der Waals surface area (Å²) in [5, 5.41) is 7.34. The van der Waals surface area contributed by atoms with Crippen molar-refractivity contribution in [2.24, 2.45) is 0 Å². The number of nitrogens with zero attached hydrogens (tertiary/aromatic N) is 2. The first-order chi connectivity index (χ1) is 10.3. The second-order valence-electron chi connectivity index (χ2n) is 5.43. The van der Waals surface area contributed by atoms with E-state index in [1.165, 1.54) is 17.5 Å². The van der Waals surface area contributed by atoms with Crippen LogP contribution in [0.1, 0.15) is 48.6 Å². The molecule has 0 saturated heterocycles. The monoisotopic (exact) mass is 287 g/mol. The molecule has 112 valence electrons. The number of benzene rings is 1. The van der Waals surface area contributed by atoms with Gasteiger partial charge in [-0.1, -0.05) is 18.1 Å². The Morgan fingerprint density at radius 3 is 3.10 bits per heavy atom. The van der Waals surface area contributed by atoms with E-state index in [0.717, 1.165) is 25.1 Å². The van der Waals surface area contributed by atoms with Crippen molar-refractivity contribution >= 4 is 0 Å². The number of aryl methyl sites for hydroxylation is 2. The fourth-order valence-electron chi connectivity index (χ4n) is 2.76. The fourth-order valence-corrected chi connectivity index (χ4v) is 2.76. The lowest BCUT2D eigenvalue weighted by atomic mass is 10.1. The molecule has 0 bridgehead atoms. The number of rotatable bonds is 6. The highest BCUT2D eigenvalue weighted by atomic mass is 16.5. The molecule has 1 aliphatic carbocycles. The van der Waals surface area contributed by atoms with E-state index in [1.807, 2.05) is 6.07 Å². The summed E-state index contributed by atoms with van der Waals surface area (Å²) in [7, 11) is 0. The molecule has 2 aromatic rings. The third-order valence-electron chi connectivity index (χ3n) is 3.76. The summed E-state index contributed by atoms with van der Waals surface area (Å²) in [6, 6.07) is 6.82. The van der Waals surface area contributed by atoms with Crippen molar-refractivity contribution in [2.45, 2.75) is 45.8 Å². The zero-order valence-corrected chi connectivity index (χ0v) is 12.6. The predicted octanol–water partition coefficient (Wildman–Crippen LogP) is 2.94. The van der Waals surface area contributed by atoms with Crippen LogP contribution in [-0.2, 0) is 13.0 Å². The summed E-state index contributed by atoms with van der Waals surface area (Å²) >= 11 is 0. The third-order valence-corrected chi connectivity index (χ3v) is 3.76. The van der Waals surface area contributed by atoms with Crippen LogP contribution < -0.4 is 10.1 Å². The highest BCUT2D eigenvalue weighted by molar-refractivity contribution is 5.40. The number of nitrogens with one attached hydrogen (secondary N) is 1. The van der Waals surface area contributed by atoms with E-state index < -0.39 is 0 Å². The molecule has 1 aromatic heterocycles. The van der Waals surface area contributed by atoms with Crippen LogP contribution in [-0.4, -0.2) is 16.7 Å². The lowest BCUT2D eigenvalue weighted by Gasteiger charge is -2.13. The molecule has 3 rings (SSSR count). The number of hydrogen-bond acceptors (Lipinski definition) is 5. The van der Waals surface area contributed by atoms with E-state index in [4.69, 9.17) is 9.26 Å². The topological polar surface area (TPSA) is 60.2 Å². The SMILES string of the molecule is CCCNC1CCc2cc(OCc3nc(C)no3)ccc21. The zero-order valence-electron chi connectivity index (χ0n) is 12.6. The van der Waals surface area contributed by atoms with Crippen LogP contribution in [0.4, 0.5) is 0 Å². The lowest BCUT2D eigenvalue weighted by molar-refractivity contribution is 0.242. The van der Waals surface area contributed by atoms with E-state index in [2.05, 4.69) is 34.5 Å². The number of hydrogen-bond donors (Lipinski definition) is 1. The minimum Gasteiger partial charge on any atom is -0.484 e. The van der Waals surface area contributed by atoms with Crippen LogP contribution in [0.15, 0.2) is 22.7 Å². The first-order valence-corrected chi connectivity index (χ1v) is 7.54. The Kier molecular flexibility index (Phi) is 4.20. The van der Waals surface area contributed by atoms with Crippen molar-refractivity contribution in [2.75, 3.05) is 6.54 Å². The Bertz CT molecular complexity index is 609.